The van der Waals surface area contributed by atoms with Crippen LogP contribution in [-0.4, -0.2) is 26.6 Å². The van der Waals surface area contributed by atoms with Crippen LogP contribution in [0.15, 0.2) is 59.5 Å². The van der Waals surface area contributed by atoms with Crippen LogP contribution in [-0.2, 0) is 30.3 Å². The number of benzene rings is 2. The van der Waals surface area contributed by atoms with Gasteiger partial charge in [-0.1, -0.05) is 36.4 Å². The molecule has 0 spiro atoms. The lowest BCUT2D eigenvalue weighted by Gasteiger charge is -2.18. The van der Waals surface area contributed by atoms with E-state index in [2.05, 4.69) is 0 Å². The summed E-state index contributed by atoms with van der Waals surface area (Å²) < 4.78 is 35.6. The van der Waals surface area contributed by atoms with Crippen molar-refractivity contribution in [2.45, 2.75) is 50.2 Å². The zero-order chi connectivity index (χ0) is 20.6. The number of hydrogen-bond donors (Lipinski definition) is 0. The molecule has 0 N–H and O–H groups in total. The van der Waals surface area contributed by atoms with Gasteiger partial charge in [-0.05, 0) is 56.9 Å². The van der Waals surface area contributed by atoms with Gasteiger partial charge in [-0.25, -0.2) is 4.79 Å². The first-order chi connectivity index (χ1) is 13.3. The summed E-state index contributed by atoms with van der Waals surface area (Å²) in [5.41, 5.74) is 1.28. The predicted octanol–water partition coefficient (Wildman–Crippen LogP) is 3.61. The topological polar surface area (TPSA) is 93.5 Å². The highest BCUT2D eigenvalue weighted by Gasteiger charge is 2.29. The molecule has 0 saturated carbocycles. The molecule has 0 bridgehead atoms. The van der Waals surface area contributed by atoms with Crippen molar-refractivity contribution in [2.24, 2.45) is 0 Å². The van der Waals surface area contributed by atoms with Gasteiger partial charge < -0.3 is 4.74 Å². The first kappa shape index (κ1) is 21.6. The minimum Gasteiger partial charge on any atom is -0.461 e. The Bertz CT molecular complexity index is 933. The van der Waals surface area contributed by atoms with E-state index in [0.717, 1.165) is 5.56 Å². The first-order valence-corrected chi connectivity index (χ1v) is 10.4. The molecule has 0 aliphatic rings. The smallest absolute Gasteiger partial charge is 0.337 e. The lowest BCUT2D eigenvalue weighted by Crippen LogP contribution is -2.31. The Kier molecular flexibility index (Phi) is 7.73. The van der Waals surface area contributed by atoms with Crippen molar-refractivity contribution in [1.82, 2.24) is 0 Å². The van der Waals surface area contributed by atoms with E-state index in [0.29, 0.717) is 12.8 Å². The number of aryl methyl sites for hydroxylation is 1. The summed E-state index contributed by atoms with van der Waals surface area (Å²) in [5, 5.41) is 8.96. The van der Waals surface area contributed by atoms with Crippen molar-refractivity contribution in [3.63, 3.8) is 0 Å². The van der Waals surface area contributed by atoms with E-state index < -0.39 is 28.3 Å². The maximum atomic E-state index is 12.6. The highest BCUT2D eigenvalue weighted by atomic mass is 32.2. The number of ether oxygens (including phenoxy) is 1. The summed E-state index contributed by atoms with van der Waals surface area (Å²) in [4.78, 5) is 12.2. The van der Waals surface area contributed by atoms with Gasteiger partial charge in [0.05, 0.1) is 22.6 Å². The summed E-state index contributed by atoms with van der Waals surface area (Å²) in [6.45, 7) is 3.37. The standard InChI is InChI=1S/C21H23NO5S/c1-16(2)26-21(23)20(13-7-10-17-8-4-3-5-9-17)27-28(24,25)19-12-6-11-18(14-19)15-22/h3-6,8-9,11-12,14,16,20H,7,10,13H2,1-2H3/t20-/m1/s1. The zero-order valence-corrected chi connectivity index (χ0v) is 16.7. The maximum absolute atomic E-state index is 12.6. The quantitative estimate of drug-likeness (QED) is 0.471. The molecule has 0 heterocycles. The molecule has 0 aliphatic heterocycles. The molecule has 0 saturated heterocycles. The molecule has 1 atom stereocenters. The minimum atomic E-state index is -4.22. The SMILES string of the molecule is CC(C)OC(=O)[C@@H](CCCc1ccccc1)OS(=O)(=O)c1cccc(C#N)c1. The van der Waals surface area contributed by atoms with Crippen LogP contribution >= 0.6 is 0 Å². The molecule has 0 radical (unpaired) electrons. The van der Waals surface area contributed by atoms with Gasteiger partial charge in [0.1, 0.15) is 0 Å². The largest absolute Gasteiger partial charge is 0.461 e. The summed E-state index contributed by atoms with van der Waals surface area (Å²) in [6.07, 6.45) is -0.216. The molecule has 2 rings (SSSR count). The van der Waals surface area contributed by atoms with E-state index in [1.165, 1.54) is 24.3 Å². The molecule has 0 fully saturated rings. The molecule has 0 unspecified atom stereocenters. The Balaban J connectivity index is 2.13. The summed E-state index contributed by atoms with van der Waals surface area (Å²) >= 11 is 0. The number of nitriles is 1. The Morgan fingerprint density at radius 3 is 2.46 bits per heavy atom. The van der Waals surface area contributed by atoms with Gasteiger partial charge in [0.2, 0.25) is 0 Å². The maximum Gasteiger partial charge on any atom is 0.337 e. The van der Waals surface area contributed by atoms with Crippen LogP contribution in [0.25, 0.3) is 0 Å². The van der Waals surface area contributed by atoms with Gasteiger partial charge in [-0.2, -0.15) is 13.7 Å². The lowest BCUT2D eigenvalue weighted by atomic mass is 10.1. The fraction of sp³-hybridized carbons (Fsp3) is 0.333. The second-order valence-corrected chi connectivity index (χ2v) is 8.11. The molecule has 2 aromatic rings. The number of hydrogen-bond acceptors (Lipinski definition) is 6. The highest BCUT2D eigenvalue weighted by Crippen LogP contribution is 2.19. The van der Waals surface area contributed by atoms with E-state index in [4.69, 9.17) is 14.2 Å². The van der Waals surface area contributed by atoms with Crippen LogP contribution in [0.4, 0.5) is 0 Å². The Labute approximate surface area is 165 Å². The van der Waals surface area contributed by atoms with Crippen LogP contribution in [0.5, 0.6) is 0 Å². The third-order valence-corrected chi connectivity index (χ3v) is 5.20. The lowest BCUT2D eigenvalue weighted by molar-refractivity contribution is -0.156. The average molecular weight is 401 g/mol. The fourth-order valence-corrected chi connectivity index (χ4v) is 3.69. The molecule has 7 heteroatoms. The first-order valence-electron chi connectivity index (χ1n) is 8.99. The van der Waals surface area contributed by atoms with Crippen molar-refractivity contribution in [1.29, 1.82) is 5.26 Å². The molecule has 6 nitrogen and oxygen atoms in total. The molecule has 0 aromatic heterocycles. The number of nitrogens with zero attached hydrogens (tertiary/aromatic N) is 1. The molecular weight excluding hydrogens is 378 g/mol. The van der Waals surface area contributed by atoms with Crippen LogP contribution in [0.2, 0.25) is 0 Å². The van der Waals surface area contributed by atoms with Crippen LogP contribution in [0.3, 0.4) is 0 Å². The second kappa shape index (κ2) is 10.0. The monoisotopic (exact) mass is 401 g/mol. The molecule has 0 amide bonds. The number of carbonyl (C=O) groups excluding carboxylic acids is 1. The minimum absolute atomic E-state index is 0.169. The third-order valence-electron chi connectivity index (χ3n) is 3.88. The molecular formula is C21H23NO5S. The van der Waals surface area contributed by atoms with Crippen molar-refractivity contribution in [3.05, 3.63) is 65.7 Å². The van der Waals surface area contributed by atoms with Crippen molar-refractivity contribution < 1.29 is 22.1 Å². The van der Waals surface area contributed by atoms with E-state index in [1.54, 1.807) is 13.8 Å². The molecule has 0 aliphatic carbocycles. The third kappa shape index (κ3) is 6.48. The number of esters is 1. The van der Waals surface area contributed by atoms with E-state index in [9.17, 15) is 13.2 Å². The van der Waals surface area contributed by atoms with Gasteiger partial charge in [0.15, 0.2) is 6.10 Å². The molecule has 148 valence electrons. The van der Waals surface area contributed by atoms with Gasteiger partial charge in [0, 0.05) is 0 Å². The van der Waals surface area contributed by atoms with Crippen LogP contribution in [0, 0.1) is 11.3 Å². The zero-order valence-electron chi connectivity index (χ0n) is 15.9. The van der Waals surface area contributed by atoms with E-state index in [-0.39, 0.29) is 16.9 Å². The van der Waals surface area contributed by atoms with Crippen molar-refractivity contribution >= 4 is 16.1 Å². The molecule has 2 aromatic carbocycles. The Hall–Kier alpha value is -2.69. The highest BCUT2D eigenvalue weighted by molar-refractivity contribution is 7.86. The second-order valence-electron chi connectivity index (χ2n) is 6.54. The summed E-state index contributed by atoms with van der Waals surface area (Å²) in [7, 11) is -4.22. The van der Waals surface area contributed by atoms with Crippen molar-refractivity contribution in [3.8, 4) is 6.07 Å². The Morgan fingerprint density at radius 2 is 1.82 bits per heavy atom. The van der Waals surface area contributed by atoms with E-state index in [1.807, 2.05) is 36.4 Å². The van der Waals surface area contributed by atoms with Crippen LogP contribution in [0.1, 0.15) is 37.8 Å². The number of rotatable bonds is 9. The number of carbonyl (C=O) groups is 1. The van der Waals surface area contributed by atoms with Gasteiger partial charge in [-0.15, -0.1) is 0 Å². The van der Waals surface area contributed by atoms with Gasteiger partial charge in [-0.3, -0.25) is 4.18 Å². The molecule has 28 heavy (non-hydrogen) atoms. The summed E-state index contributed by atoms with van der Waals surface area (Å²) in [6, 6.07) is 17.0. The fourth-order valence-electron chi connectivity index (χ4n) is 2.58. The normalized spacial score (nSPS) is 12.4. The van der Waals surface area contributed by atoms with Gasteiger partial charge in [0.25, 0.3) is 10.1 Å². The average Bonchev–Trinajstić information content (AvgIpc) is 2.67. The predicted molar refractivity (Wildman–Crippen MR) is 104 cm³/mol. The van der Waals surface area contributed by atoms with Crippen LogP contribution < -0.4 is 0 Å². The Morgan fingerprint density at radius 1 is 1.11 bits per heavy atom. The van der Waals surface area contributed by atoms with Gasteiger partial charge >= 0.3 is 5.97 Å². The van der Waals surface area contributed by atoms with Crippen molar-refractivity contribution in [2.75, 3.05) is 0 Å². The van der Waals surface area contributed by atoms with E-state index >= 15 is 0 Å². The summed E-state index contributed by atoms with van der Waals surface area (Å²) in [5.74, 6) is -0.719.